The van der Waals surface area contributed by atoms with E-state index in [0.29, 0.717) is 41.9 Å². The molecule has 4 saturated carbocycles. The van der Waals surface area contributed by atoms with Gasteiger partial charge in [0.15, 0.2) is 0 Å². The standard InChI is InChI=1S/C31H51BO6/c1-7-8-17-32-37-28-25-18-21(36-20(3)33)13-15-31(25,5)24-14-16-30(4)22(19(2)9-12-26(34)35-6)10-11-23(30)27(24)29(28)38-32/h19,21-25,27-29H,7-18H2,1-6H3/t19-,21-,22-,23+,24+,25-,27+,28-,29+,30-,31-/m1/s1. The van der Waals surface area contributed by atoms with Gasteiger partial charge in [-0.3, -0.25) is 9.59 Å². The number of fused-ring (bicyclic) bond motifs is 8. The minimum absolute atomic E-state index is 0.00134. The Hall–Kier alpha value is -1.08. The molecule has 11 atom stereocenters. The Morgan fingerprint density at radius 1 is 1.00 bits per heavy atom. The van der Waals surface area contributed by atoms with Crippen LogP contribution in [0.15, 0.2) is 0 Å². The van der Waals surface area contributed by atoms with Crippen molar-refractivity contribution in [2.45, 2.75) is 130 Å². The van der Waals surface area contributed by atoms with Crippen LogP contribution in [0.5, 0.6) is 0 Å². The monoisotopic (exact) mass is 530 g/mol. The highest BCUT2D eigenvalue weighted by molar-refractivity contribution is 6.45. The van der Waals surface area contributed by atoms with Crippen LogP contribution in [-0.2, 0) is 28.4 Å². The predicted octanol–water partition coefficient (Wildman–Crippen LogP) is 6.46. The predicted molar refractivity (Wildman–Crippen MR) is 147 cm³/mol. The van der Waals surface area contributed by atoms with Crippen LogP contribution < -0.4 is 0 Å². The maximum absolute atomic E-state index is 11.9. The topological polar surface area (TPSA) is 71.1 Å². The first-order valence-electron chi connectivity index (χ1n) is 15.7. The lowest BCUT2D eigenvalue weighted by Crippen LogP contribution is -2.63. The van der Waals surface area contributed by atoms with Gasteiger partial charge in [-0.1, -0.05) is 40.5 Å². The molecule has 4 aliphatic carbocycles. The minimum atomic E-state index is -0.167. The first-order valence-corrected chi connectivity index (χ1v) is 15.7. The highest BCUT2D eigenvalue weighted by Gasteiger charge is 2.68. The second kappa shape index (κ2) is 11.1. The van der Waals surface area contributed by atoms with Gasteiger partial charge in [-0.25, -0.2) is 0 Å². The summed E-state index contributed by atoms with van der Waals surface area (Å²) in [6.45, 7) is 11.2. The van der Waals surface area contributed by atoms with E-state index in [1.807, 2.05) is 0 Å². The SMILES string of the molecule is CCCCB1O[C@@H]2[C@H](O1)[C@H]1C[C@H](OC(C)=O)CC[C@]1(C)[C@H]1CC[C@]3(C)[C@@H]([C@H](C)CCC(=O)OC)CC[C@H]3[C@H]21. The molecule has 0 radical (unpaired) electrons. The maximum atomic E-state index is 11.9. The van der Waals surface area contributed by atoms with Gasteiger partial charge >= 0.3 is 19.1 Å². The van der Waals surface area contributed by atoms with Crippen molar-refractivity contribution in [2.24, 2.45) is 46.3 Å². The number of ether oxygens (including phenoxy) is 2. The van der Waals surface area contributed by atoms with Crippen molar-refractivity contribution in [3.8, 4) is 0 Å². The van der Waals surface area contributed by atoms with Crippen LogP contribution in [0, 0.1) is 46.3 Å². The lowest BCUT2D eigenvalue weighted by molar-refractivity contribution is -0.196. The summed E-state index contributed by atoms with van der Waals surface area (Å²) in [4.78, 5) is 23.7. The molecule has 0 N–H and O–H groups in total. The van der Waals surface area contributed by atoms with Gasteiger partial charge < -0.3 is 18.8 Å². The Morgan fingerprint density at radius 2 is 1.71 bits per heavy atom. The normalized spacial score (nSPS) is 44.4. The molecule has 1 heterocycles. The van der Waals surface area contributed by atoms with E-state index in [9.17, 15) is 9.59 Å². The Bertz CT molecular complexity index is 880. The van der Waals surface area contributed by atoms with E-state index in [4.69, 9.17) is 18.8 Å². The van der Waals surface area contributed by atoms with Gasteiger partial charge in [0.25, 0.3) is 0 Å². The van der Waals surface area contributed by atoms with Gasteiger partial charge in [0.2, 0.25) is 0 Å². The number of unbranched alkanes of at least 4 members (excludes halogenated alkanes) is 1. The fourth-order valence-electron chi connectivity index (χ4n) is 10.4. The minimum Gasteiger partial charge on any atom is -0.469 e. The Morgan fingerprint density at radius 3 is 2.42 bits per heavy atom. The molecule has 0 unspecified atom stereocenters. The zero-order valence-electron chi connectivity index (χ0n) is 24.7. The van der Waals surface area contributed by atoms with Crippen molar-refractivity contribution in [1.82, 2.24) is 0 Å². The van der Waals surface area contributed by atoms with Crippen LogP contribution in [0.3, 0.4) is 0 Å². The molecule has 0 spiro atoms. The lowest BCUT2D eigenvalue weighted by Gasteiger charge is -2.64. The molecule has 0 amide bonds. The molecular weight excluding hydrogens is 479 g/mol. The summed E-state index contributed by atoms with van der Waals surface area (Å²) in [6.07, 6.45) is 12.9. The molecule has 7 heteroatoms. The van der Waals surface area contributed by atoms with Crippen LogP contribution in [0.1, 0.15) is 105 Å². The number of carbonyl (C=O) groups is 2. The van der Waals surface area contributed by atoms with Gasteiger partial charge in [-0.15, -0.1) is 0 Å². The van der Waals surface area contributed by atoms with Crippen molar-refractivity contribution in [3.05, 3.63) is 0 Å². The van der Waals surface area contributed by atoms with Crippen LogP contribution in [-0.4, -0.2) is 44.5 Å². The molecule has 0 bridgehead atoms. The average Bonchev–Trinajstić information content (AvgIpc) is 3.47. The number of esters is 2. The van der Waals surface area contributed by atoms with Gasteiger partial charge in [-0.05, 0) is 104 Å². The summed E-state index contributed by atoms with van der Waals surface area (Å²) >= 11 is 0. The molecule has 0 aromatic carbocycles. The zero-order valence-corrected chi connectivity index (χ0v) is 24.7. The third-order valence-electron chi connectivity index (χ3n) is 12.2. The summed E-state index contributed by atoms with van der Waals surface area (Å²) in [6, 6.07) is 0. The molecule has 214 valence electrons. The van der Waals surface area contributed by atoms with E-state index >= 15 is 0 Å². The summed E-state index contributed by atoms with van der Waals surface area (Å²) in [5.74, 6) is 3.06. The molecule has 1 saturated heterocycles. The number of hydrogen-bond donors (Lipinski definition) is 0. The van der Waals surface area contributed by atoms with Crippen LogP contribution in [0.4, 0.5) is 0 Å². The molecule has 5 aliphatic rings. The molecule has 0 aromatic rings. The van der Waals surface area contributed by atoms with Crippen molar-refractivity contribution in [3.63, 3.8) is 0 Å². The highest BCUT2D eigenvalue weighted by atomic mass is 16.7. The fraction of sp³-hybridized carbons (Fsp3) is 0.935. The summed E-state index contributed by atoms with van der Waals surface area (Å²) in [7, 11) is 1.39. The Kier molecular flexibility index (Phi) is 8.29. The zero-order chi connectivity index (χ0) is 27.2. The van der Waals surface area contributed by atoms with E-state index < -0.39 is 0 Å². The van der Waals surface area contributed by atoms with Gasteiger partial charge in [-0.2, -0.15) is 0 Å². The smallest absolute Gasteiger partial charge is 0.457 e. The van der Waals surface area contributed by atoms with Crippen LogP contribution >= 0.6 is 0 Å². The quantitative estimate of drug-likeness (QED) is 0.265. The molecule has 38 heavy (non-hydrogen) atoms. The first-order chi connectivity index (χ1) is 18.1. The van der Waals surface area contributed by atoms with E-state index in [1.54, 1.807) is 0 Å². The third-order valence-corrected chi connectivity index (χ3v) is 12.2. The van der Waals surface area contributed by atoms with Crippen molar-refractivity contribution >= 4 is 19.1 Å². The van der Waals surface area contributed by atoms with E-state index in [0.717, 1.165) is 44.8 Å². The van der Waals surface area contributed by atoms with E-state index in [2.05, 4.69) is 27.7 Å². The number of carbonyl (C=O) groups excluding carboxylic acids is 2. The molecule has 0 aromatic heterocycles. The van der Waals surface area contributed by atoms with Gasteiger partial charge in [0.1, 0.15) is 6.10 Å². The average molecular weight is 531 g/mol. The maximum Gasteiger partial charge on any atom is 0.457 e. The van der Waals surface area contributed by atoms with Gasteiger partial charge in [0, 0.05) is 13.3 Å². The number of rotatable bonds is 8. The Labute approximate surface area is 230 Å². The molecule has 5 fully saturated rings. The van der Waals surface area contributed by atoms with E-state index in [1.165, 1.54) is 39.7 Å². The second-order valence-electron chi connectivity index (χ2n) is 14.0. The van der Waals surface area contributed by atoms with Crippen LogP contribution in [0.25, 0.3) is 0 Å². The van der Waals surface area contributed by atoms with Crippen molar-refractivity contribution in [1.29, 1.82) is 0 Å². The molecule has 6 nitrogen and oxygen atoms in total. The van der Waals surface area contributed by atoms with Crippen molar-refractivity contribution in [2.75, 3.05) is 7.11 Å². The van der Waals surface area contributed by atoms with Gasteiger partial charge in [0.05, 0.1) is 19.3 Å². The van der Waals surface area contributed by atoms with Crippen LogP contribution in [0.2, 0.25) is 6.32 Å². The number of methoxy groups -OCH3 is 1. The molecule has 1 aliphatic heterocycles. The van der Waals surface area contributed by atoms with E-state index in [-0.39, 0.29) is 48.2 Å². The first kappa shape index (κ1) is 28.5. The summed E-state index contributed by atoms with van der Waals surface area (Å²) in [5.41, 5.74) is 0.478. The lowest BCUT2D eigenvalue weighted by atomic mass is 9.43. The summed E-state index contributed by atoms with van der Waals surface area (Å²) < 4.78 is 24.4. The summed E-state index contributed by atoms with van der Waals surface area (Å²) in [5, 5.41) is 0. The molecular formula is C31H51BO6. The number of hydrogen-bond acceptors (Lipinski definition) is 6. The largest absolute Gasteiger partial charge is 0.469 e. The second-order valence-corrected chi connectivity index (χ2v) is 14.0. The highest BCUT2D eigenvalue weighted by Crippen LogP contribution is 2.69. The Balaban J connectivity index is 1.41. The third kappa shape index (κ3) is 4.86. The molecule has 5 rings (SSSR count). The fourth-order valence-corrected chi connectivity index (χ4v) is 10.4. The van der Waals surface area contributed by atoms with Crippen molar-refractivity contribution < 1.29 is 28.4 Å².